The number of halogens is 2. The lowest BCUT2D eigenvalue weighted by molar-refractivity contribution is -0.127. The average molecular weight is 492 g/mol. The van der Waals surface area contributed by atoms with E-state index < -0.39 is 46.9 Å². The van der Waals surface area contributed by atoms with Gasteiger partial charge >= 0.3 is 0 Å². The topological polar surface area (TPSA) is 80.8 Å². The first-order valence-electron chi connectivity index (χ1n) is 10.6. The highest BCUT2D eigenvalue weighted by atomic mass is 35.5. The lowest BCUT2D eigenvalue weighted by Gasteiger charge is -2.27. The summed E-state index contributed by atoms with van der Waals surface area (Å²) >= 11 is 12.3. The number of amides is 2. The monoisotopic (exact) mass is 491 g/mol. The Kier molecular flexibility index (Phi) is 4.58. The highest BCUT2D eigenvalue weighted by molar-refractivity contribution is 6.38. The van der Waals surface area contributed by atoms with Crippen LogP contribution in [0.1, 0.15) is 32.4 Å². The minimum absolute atomic E-state index is 0.180. The summed E-state index contributed by atoms with van der Waals surface area (Å²) in [5.74, 6) is -4.87. The van der Waals surface area contributed by atoms with Crippen molar-refractivity contribution in [2.45, 2.75) is 11.7 Å². The van der Waals surface area contributed by atoms with E-state index in [0.29, 0.717) is 5.56 Å². The van der Waals surface area contributed by atoms with E-state index in [4.69, 9.17) is 27.9 Å². The number of hydrogen-bond donors (Lipinski definition) is 0. The molecule has 2 saturated heterocycles. The maximum atomic E-state index is 13.8. The Hall–Kier alpha value is -3.32. The lowest BCUT2D eigenvalue weighted by Crippen LogP contribution is -2.51. The van der Waals surface area contributed by atoms with Crippen molar-refractivity contribution in [2.75, 3.05) is 4.90 Å². The van der Waals surface area contributed by atoms with E-state index in [0.717, 1.165) is 4.90 Å². The Balaban J connectivity index is 1.56. The largest absolute Gasteiger partial charge is 0.349 e. The van der Waals surface area contributed by atoms with Gasteiger partial charge in [-0.2, -0.15) is 0 Å². The van der Waals surface area contributed by atoms with Gasteiger partial charge in [0.05, 0.1) is 23.6 Å². The van der Waals surface area contributed by atoms with Crippen LogP contribution in [-0.4, -0.2) is 29.0 Å². The van der Waals surface area contributed by atoms with Crippen LogP contribution >= 0.6 is 23.2 Å². The summed E-state index contributed by atoms with van der Waals surface area (Å²) in [4.78, 5) is 55.9. The van der Waals surface area contributed by atoms with E-state index in [1.165, 1.54) is 30.3 Å². The van der Waals surface area contributed by atoms with Crippen LogP contribution in [0.2, 0.25) is 10.0 Å². The molecule has 3 atom stereocenters. The van der Waals surface area contributed by atoms with Crippen molar-refractivity contribution in [3.05, 3.63) is 99.5 Å². The number of anilines is 1. The summed E-state index contributed by atoms with van der Waals surface area (Å²) in [5, 5.41) is 0.484. The predicted octanol–water partition coefficient (Wildman–Crippen LogP) is 4.69. The number of fused-ring (bicyclic) bond motifs is 3. The molecule has 2 heterocycles. The van der Waals surface area contributed by atoms with Crippen LogP contribution in [0.15, 0.2) is 72.8 Å². The van der Waals surface area contributed by atoms with Gasteiger partial charge < -0.3 is 4.74 Å². The summed E-state index contributed by atoms with van der Waals surface area (Å²) in [7, 11) is 0. The molecule has 6 nitrogen and oxygen atoms in total. The van der Waals surface area contributed by atoms with Gasteiger partial charge in [-0.1, -0.05) is 77.8 Å². The third kappa shape index (κ3) is 2.67. The number of hydrogen-bond acceptors (Lipinski definition) is 5. The van der Waals surface area contributed by atoms with Crippen molar-refractivity contribution in [1.82, 2.24) is 0 Å². The number of carbonyl (C=O) groups is 4. The molecule has 6 rings (SSSR count). The Labute approximate surface area is 204 Å². The van der Waals surface area contributed by atoms with Gasteiger partial charge in [0.15, 0.2) is 0 Å². The highest BCUT2D eigenvalue weighted by Gasteiger charge is 2.74. The molecule has 0 bridgehead atoms. The summed E-state index contributed by atoms with van der Waals surface area (Å²) < 4.78 is 6.22. The number of ketones is 2. The molecule has 168 valence electrons. The maximum absolute atomic E-state index is 13.8. The zero-order valence-electron chi connectivity index (χ0n) is 17.4. The number of imide groups is 1. The summed E-state index contributed by atoms with van der Waals surface area (Å²) in [5.41, 5.74) is -0.968. The minimum Gasteiger partial charge on any atom is -0.349 e. The Morgan fingerprint density at radius 1 is 0.735 bits per heavy atom. The van der Waals surface area contributed by atoms with E-state index in [9.17, 15) is 19.2 Å². The molecule has 0 unspecified atom stereocenters. The van der Waals surface area contributed by atoms with Gasteiger partial charge in [-0.05, 0) is 23.8 Å². The standard InChI is InChI=1S/C26H15Cl2NO5/c27-14-10-15(28)12-16(11-14)29-24(32)19-20(25(29)33)26(34-21(19)13-6-2-1-3-7-13)22(30)17-8-4-5-9-18(17)23(26)31/h1-12,19-21H/t19-,20+,21+/m1/s1. The molecule has 2 fully saturated rings. The molecule has 3 aromatic rings. The minimum atomic E-state index is -2.11. The van der Waals surface area contributed by atoms with E-state index >= 15 is 0 Å². The first-order valence-corrected chi connectivity index (χ1v) is 11.4. The molecule has 3 aliphatic rings. The van der Waals surface area contributed by atoms with Crippen LogP contribution in [0, 0.1) is 11.8 Å². The maximum Gasteiger partial charge on any atom is 0.241 e. The van der Waals surface area contributed by atoms with Gasteiger partial charge in [-0.3, -0.25) is 19.2 Å². The Bertz CT molecular complexity index is 1360. The summed E-state index contributed by atoms with van der Waals surface area (Å²) in [6.07, 6.45) is -0.968. The second-order valence-electron chi connectivity index (χ2n) is 8.53. The molecular weight excluding hydrogens is 477 g/mol. The number of rotatable bonds is 2. The van der Waals surface area contributed by atoms with E-state index in [1.807, 2.05) is 0 Å². The van der Waals surface area contributed by atoms with Crippen molar-refractivity contribution < 1.29 is 23.9 Å². The molecule has 0 aromatic heterocycles. The van der Waals surface area contributed by atoms with Crippen LogP contribution in [0.4, 0.5) is 5.69 Å². The van der Waals surface area contributed by atoms with Gasteiger partial charge in [-0.15, -0.1) is 0 Å². The van der Waals surface area contributed by atoms with Gasteiger partial charge in [0, 0.05) is 21.2 Å². The van der Waals surface area contributed by atoms with Crippen LogP contribution in [0.3, 0.4) is 0 Å². The second-order valence-corrected chi connectivity index (χ2v) is 9.40. The molecule has 0 saturated carbocycles. The molecule has 0 N–H and O–H groups in total. The predicted molar refractivity (Wildman–Crippen MR) is 124 cm³/mol. The number of Topliss-reactive ketones (excluding diaryl/α,β-unsaturated/α-hetero) is 2. The fourth-order valence-electron chi connectivity index (χ4n) is 5.38. The fourth-order valence-corrected chi connectivity index (χ4v) is 5.90. The fraction of sp³-hybridized carbons (Fsp3) is 0.154. The molecule has 0 radical (unpaired) electrons. The molecule has 1 aliphatic carbocycles. The third-order valence-electron chi connectivity index (χ3n) is 6.75. The summed E-state index contributed by atoms with van der Waals surface area (Å²) in [6.45, 7) is 0. The van der Waals surface area contributed by atoms with E-state index in [1.54, 1.807) is 42.5 Å². The van der Waals surface area contributed by atoms with Crippen molar-refractivity contribution in [1.29, 1.82) is 0 Å². The van der Waals surface area contributed by atoms with Gasteiger partial charge in [0.1, 0.15) is 0 Å². The van der Waals surface area contributed by atoms with E-state index in [-0.39, 0.29) is 26.9 Å². The molecular formula is C26H15Cl2NO5. The molecule has 34 heavy (non-hydrogen) atoms. The lowest BCUT2D eigenvalue weighted by atomic mass is 9.77. The zero-order valence-corrected chi connectivity index (χ0v) is 18.9. The molecule has 1 spiro atoms. The van der Waals surface area contributed by atoms with E-state index in [2.05, 4.69) is 0 Å². The van der Waals surface area contributed by atoms with Crippen molar-refractivity contribution >= 4 is 52.3 Å². The Morgan fingerprint density at radius 3 is 1.88 bits per heavy atom. The Morgan fingerprint density at radius 2 is 1.29 bits per heavy atom. The number of carbonyl (C=O) groups excluding carboxylic acids is 4. The van der Waals surface area contributed by atoms with Crippen LogP contribution in [0.25, 0.3) is 0 Å². The van der Waals surface area contributed by atoms with Crippen molar-refractivity contribution in [2.24, 2.45) is 11.8 Å². The molecule has 2 amide bonds. The van der Waals surface area contributed by atoms with Gasteiger partial charge in [0.25, 0.3) is 0 Å². The first-order chi connectivity index (χ1) is 16.3. The number of nitrogens with zero attached hydrogens (tertiary/aromatic N) is 1. The molecule has 2 aliphatic heterocycles. The van der Waals surface area contributed by atoms with Crippen LogP contribution < -0.4 is 4.90 Å². The third-order valence-corrected chi connectivity index (χ3v) is 7.19. The number of ether oxygens (including phenoxy) is 1. The normalized spacial score (nSPS) is 24.8. The first kappa shape index (κ1) is 21.2. The molecule has 3 aromatic carbocycles. The van der Waals surface area contributed by atoms with Gasteiger partial charge in [0.2, 0.25) is 29.0 Å². The quantitative estimate of drug-likeness (QED) is 0.383. The highest BCUT2D eigenvalue weighted by Crippen LogP contribution is 2.57. The van der Waals surface area contributed by atoms with Crippen molar-refractivity contribution in [3.8, 4) is 0 Å². The van der Waals surface area contributed by atoms with Crippen LogP contribution in [0.5, 0.6) is 0 Å². The average Bonchev–Trinajstić information content (AvgIpc) is 3.39. The van der Waals surface area contributed by atoms with Gasteiger partial charge in [-0.25, -0.2) is 4.90 Å². The molecule has 8 heteroatoms. The smallest absolute Gasteiger partial charge is 0.241 e. The zero-order chi connectivity index (χ0) is 23.8. The van der Waals surface area contributed by atoms with Crippen LogP contribution in [-0.2, 0) is 14.3 Å². The SMILES string of the molecule is O=C1[C@@H]2[C@@H](C(=O)N1c1cc(Cl)cc(Cl)c1)C1(O[C@H]2c2ccccc2)C(=O)c2ccccc2C1=O. The second kappa shape index (κ2) is 7.34. The summed E-state index contributed by atoms with van der Waals surface area (Å²) in [6, 6.07) is 19.6. The number of benzene rings is 3. The van der Waals surface area contributed by atoms with Crippen molar-refractivity contribution in [3.63, 3.8) is 0 Å².